The standard InChI is InChI=1S/C42H75NO5S/c1-3-5-7-9-11-13-15-17-19-21-23-25-27-29-31-36-41(44)43(39-34-33-35-40(38-39)49(46,47)48)42(45)37-32-30-28-26-24-22-20-18-16-14-12-10-8-6-4-2/h33-35,38H,3-32,36-37H2,1-2H3,(H,46,47,48). The number of nitrogens with zero attached hydrogens (tertiary/aromatic N) is 1. The van der Waals surface area contributed by atoms with Gasteiger partial charge in [-0.25, -0.2) is 0 Å². The summed E-state index contributed by atoms with van der Waals surface area (Å²) in [5, 5.41) is 0. The maximum atomic E-state index is 13.3. The Morgan fingerprint density at radius 1 is 0.490 bits per heavy atom. The van der Waals surface area contributed by atoms with Gasteiger partial charge >= 0.3 is 0 Å². The second-order valence-corrected chi connectivity index (χ2v) is 15.9. The van der Waals surface area contributed by atoms with Crippen LogP contribution in [-0.4, -0.2) is 24.8 Å². The molecule has 0 fully saturated rings. The van der Waals surface area contributed by atoms with Crippen molar-refractivity contribution in [3.63, 3.8) is 0 Å². The van der Waals surface area contributed by atoms with Gasteiger partial charge in [0.1, 0.15) is 0 Å². The van der Waals surface area contributed by atoms with Crippen molar-refractivity contribution in [1.29, 1.82) is 0 Å². The molecule has 49 heavy (non-hydrogen) atoms. The largest absolute Gasteiger partial charge is 0.294 e. The summed E-state index contributed by atoms with van der Waals surface area (Å²) in [6.07, 6.45) is 37.7. The van der Waals surface area contributed by atoms with E-state index < -0.39 is 10.1 Å². The fourth-order valence-corrected chi connectivity index (χ4v) is 7.25. The van der Waals surface area contributed by atoms with E-state index >= 15 is 0 Å². The Labute approximate surface area is 302 Å². The van der Waals surface area contributed by atoms with Crippen LogP contribution in [-0.2, 0) is 19.7 Å². The fourth-order valence-electron chi connectivity index (χ4n) is 6.73. The number of rotatable bonds is 34. The Bertz CT molecular complexity index is 1010. The Morgan fingerprint density at radius 3 is 1.06 bits per heavy atom. The van der Waals surface area contributed by atoms with Crippen LogP contribution in [0.5, 0.6) is 0 Å². The van der Waals surface area contributed by atoms with Crippen molar-refractivity contribution < 1.29 is 22.6 Å². The van der Waals surface area contributed by atoms with Crippen molar-refractivity contribution in [2.75, 3.05) is 4.90 Å². The number of carbonyl (C=O) groups excluding carboxylic acids is 2. The van der Waals surface area contributed by atoms with Crippen LogP contribution in [0.15, 0.2) is 29.2 Å². The molecule has 0 aliphatic heterocycles. The van der Waals surface area contributed by atoms with Crippen molar-refractivity contribution in [1.82, 2.24) is 0 Å². The number of carbonyl (C=O) groups is 2. The molecule has 7 heteroatoms. The molecule has 0 spiro atoms. The average Bonchev–Trinajstić information content (AvgIpc) is 3.08. The van der Waals surface area contributed by atoms with Gasteiger partial charge in [-0.1, -0.05) is 200 Å². The van der Waals surface area contributed by atoms with Gasteiger partial charge in [-0.05, 0) is 31.0 Å². The first-order valence-corrected chi connectivity index (χ1v) is 22.2. The molecular weight excluding hydrogens is 631 g/mol. The molecule has 2 amide bonds. The van der Waals surface area contributed by atoms with Crippen LogP contribution < -0.4 is 4.90 Å². The number of unbranched alkanes of at least 4 members (excludes halogenated alkanes) is 28. The predicted molar refractivity (Wildman–Crippen MR) is 208 cm³/mol. The van der Waals surface area contributed by atoms with Crippen LogP contribution in [0.1, 0.15) is 219 Å². The molecule has 0 radical (unpaired) electrons. The average molecular weight is 706 g/mol. The second kappa shape index (κ2) is 31.0. The third-order valence-electron chi connectivity index (χ3n) is 9.86. The summed E-state index contributed by atoms with van der Waals surface area (Å²) < 4.78 is 33.1. The topological polar surface area (TPSA) is 91.8 Å². The third-order valence-corrected chi connectivity index (χ3v) is 10.7. The Morgan fingerprint density at radius 2 is 0.776 bits per heavy atom. The molecule has 1 aromatic carbocycles. The van der Waals surface area contributed by atoms with Gasteiger partial charge in [0.25, 0.3) is 10.1 Å². The first kappa shape index (κ1) is 45.3. The molecule has 0 unspecified atom stereocenters. The summed E-state index contributed by atoms with van der Waals surface area (Å²) in [6.45, 7) is 4.52. The molecule has 1 N–H and O–H groups in total. The molecular formula is C42H75NO5S. The Kier molecular flexibility index (Phi) is 28.7. The normalized spacial score (nSPS) is 11.7. The summed E-state index contributed by atoms with van der Waals surface area (Å²) in [5.74, 6) is -0.596. The molecule has 0 saturated carbocycles. The van der Waals surface area contributed by atoms with Gasteiger partial charge in [-0.2, -0.15) is 8.42 Å². The molecule has 1 rings (SSSR count). The Hall–Kier alpha value is -1.73. The number of hydrogen-bond donors (Lipinski definition) is 1. The summed E-state index contributed by atoms with van der Waals surface area (Å²) in [4.78, 5) is 27.5. The van der Waals surface area contributed by atoms with Crippen molar-refractivity contribution in [2.24, 2.45) is 0 Å². The molecule has 0 bridgehead atoms. The highest BCUT2D eigenvalue weighted by atomic mass is 32.2. The van der Waals surface area contributed by atoms with Crippen LogP contribution in [0, 0.1) is 0 Å². The fraction of sp³-hybridized carbons (Fsp3) is 0.810. The van der Waals surface area contributed by atoms with E-state index in [-0.39, 0.29) is 35.2 Å². The van der Waals surface area contributed by atoms with Crippen LogP contribution in [0.3, 0.4) is 0 Å². The van der Waals surface area contributed by atoms with Crippen molar-refractivity contribution in [2.45, 2.75) is 224 Å². The first-order valence-electron chi connectivity index (χ1n) is 20.7. The Balaban J connectivity index is 2.34. The second-order valence-electron chi connectivity index (χ2n) is 14.5. The van der Waals surface area contributed by atoms with Gasteiger partial charge in [0.2, 0.25) is 11.8 Å². The molecule has 6 nitrogen and oxygen atoms in total. The molecule has 1 aromatic rings. The number of amides is 2. The van der Waals surface area contributed by atoms with Gasteiger partial charge in [-0.3, -0.25) is 19.0 Å². The molecule has 0 atom stereocenters. The predicted octanol–water partition coefficient (Wildman–Crippen LogP) is 13.3. The van der Waals surface area contributed by atoms with E-state index in [0.717, 1.165) is 30.6 Å². The third kappa shape index (κ3) is 25.0. The number of hydrogen-bond acceptors (Lipinski definition) is 4. The summed E-state index contributed by atoms with van der Waals surface area (Å²) in [7, 11) is -4.45. The lowest BCUT2D eigenvalue weighted by molar-refractivity contribution is -0.126. The highest BCUT2D eigenvalue weighted by Crippen LogP contribution is 2.23. The van der Waals surface area contributed by atoms with Crippen LogP contribution in [0.25, 0.3) is 0 Å². The van der Waals surface area contributed by atoms with E-state index in [1.807, 2.05) is 0 Å². The zero-order valence-electron chi connectivity index (χ0n) is 31.9. The van der Waals surface area contributed by atoms with E-state index in [0.29, 0.717) is 12.8 Å². The van der Waals surface area contributed by atoms with Crippen molar-refractivity contribution in [3.05, 3.63) is 24.3 Å². The number of benzene rings is 1. The van der Waals surface area contributed by atoms with E-state index in [9.17, 15) is 22.6 Å². The van der Waals surface area contributed by atoms with Crippen LogP contribution in [0.4, 0.5) is 5.69 Å². The molecule has 0 aromatic heterocycles. The van der Waals surface area contributed by atoms with Crippen LogP contribution in [0.2, 0.25) is 0 Å². The van der Waals surface area contributed by atoms with Crippen molar-refractivity contribution in [3.8, 4) is 0 Å². The number of imide groups is 1. The molecule has 0 aliphatic rings. The SMILES string of the molecule is CCCCCCCCCCCCCCCCCC(=O)N(C(=O)CCCCCCCCCCCCCCCCC)c1cccc(S(=O)(=O)O)c1. The highest BCUT2D eigenvalue weighted by Gasteiger charge is 2.24. The lowest BCUT2D eigenvalue weighted by atomic mass is 10.0. The van der Waals surface area contributed by atoms with Crippen LogP contribution >= 0.6 is 0 Å². The van der Waals surface area contributed by atoms with E-state index in [1.54, 1.807) is 6.07 Å². The van der Waals surface area contributed by atoms with E-state index in [4.69, 9.17) is 0 Å². The lowest BCUT2D eigenvalue weighted by Gasteiger charge is -2.22. The van der Waals surface area contributed by atoms with Gasteiger partial charge < -0.3 is 0 Å². The zero-order valence-corrected chi connectivity index (χ0v) is 32.7. The molecule has 0 saturated heterocycles. The smallest absolute Gasteiger partial charge is 0.282 e. The van der Waals surface area contributed by atoms with Gasteiger partial charge in [0.15, 0.2) is 0 Å². The maximum absolute atomic E-state index is 13.3. The van der Waals surface area contributed by atoms with E-state index in [1.165, 1.54) is 172 Å². The lowest BCUT2D eigenvalue weighted by Crippen LogP contribution is -2.36. The minimum atomic E-state index is -4.45. The van der Waals surface area contributed by atoms with E-state index in [2.05, 4.69) is 13.8 Å². The van der Waals surface area contributed by atoms with Gasteiger partial charge in [-0.15, -0.1) is 0 Å². The molecule has 0 heterocycles. The highest BCUT2D eigenvalue weighted by molar-refractivity contribution is 7.85. The summed E-state index contributed by atoms with van der Waals surface area (Å²) in [5.41, 5.74) is 0.215. The van der Waals surface area contributed by atoms with Gasteiger partial charge in [0, 0.05) is 12.8 Å². The summed E-state index contributed by atoms with van der Waals surface area (Å²) >= 11 is 0. The summed E-state index contributed by atoms with van der Waals surface area (Å²) in [6, 6.07) is 5.54. The molecule has 0 aliphatic carbocycles. The quantitative estimate of drug-likeness (QED) is 0.0569. The monoisotopic (exact) mass is 706 g/mol. The minimum absolute atomic E-state index is 0.215. The maximum Gasteiger partial charge on any atom is 0.294 e. The zero-order chi connectivity index (χ0) is 35.8. The van der Waals surface area contributed by atoms with Crippen molar-refractivity contribution >= 4 is 27.6 Å². The number of anilines is 1. The minimum Gasteiger partial charge on any atom is -0.282 e. The molecule has 284 valence electrons. The van der Waals surface area contributed by atoms with Gasteiger partial charge in [0.05, 0.1) is 10.6 Å². The first-order chi connectivity index (χ1) is 23.8.